The molecule has 41 heavy (non-hydrogen) atoms. The number of nitrogens with one attached hydrogen (secondary N) is 2. The Hall–Kier alpha value is -3.93. The number of rotatable bonds is 11. The minimum atomic E-state index is -4.43. The number of halogens is 3. The van der Waals surface area contributed by atoms with Crippen molar-refractivity contribution in [3.8, 4) is 11.3 Å². The van der Waals surface area contributed by atoms with Gasteiger partial charge in [0.25, 0.3) is 5.91 Å². The number of alkyl halides is 3. The number of aliphatic hydroxyl groups is 1. The largest absolute Gasteiger partial charge is 0.444 e. The molecule has 0 unspecified atom stereocenters. The lowest BCUT2D eigenvalue weighted by Gasteiger charge is -2.31. The molecule has 0 fully saturated rings. The second-order valence-corrected chi connectivity index (χ2v) is 10.8. The molecule has 2 heterocycles. The number of hydrogen-bond donors (Lipinski definition) is 3. The zero-order valence-corrected chi connectivity index (χ0v) is 23.5. The van der Waals surface area contributed by atoms with Crippen LogP contribution in [0.2, 0.25) is 0 Å². The van der Waals surface area contributed by atoms with E-state index in [1.165, 1.54) is 18.3 Å². The number of aliphatic hydroxyl groups excluding tert-OH is 1. The Morgan fingerprint density at radius 2 is 1.78 bits per heavy atom. The van der Waals surface area contributed by atoms with Gasteiger partial charge in [-0.05, 0) is 36.8 Å². The molecule has 1 aromatic carbocycles. The van der Waals surface area contributed by atoms with Gasteiger partial charge in [0.2, 0.25) is 0 Å². The number of carbonyl (C=O) groups is 2. The van der Waals surface area contributed by atoms with Crippen LogP contribution in [0.15, 0.2) is 60.9 Å². The van der Waals surface area contributed by atoms with Crippen molar-refractivity contribution in [1.82, 2.24) is 20.1 Å². The summed E-state index contributed by atoms with van der Waals surface area (Å²) >= 11 is 0. The van der Waals surface area contributed by atoms with Gasteiger partial charge < -0.3 is 20.5 Å². The van der Waals surface area contributed by atoms with Crippen LogP contribution in [0.25, 0.3) is 11.3 Å². The molecule has 0 saturated carbocycles. The molecule has 222 valence electrons. The highest BCUT2D eigenvalue weighted by Gasteiger charge is 2.33. The van der Waals surface area contributed by atoms with Gasteiger partial charge in [-0.3, -0.25) is 9.48 Å². The first-order valence-corrected chi connectivity index (χ1v) is 13.4. The normalized spacial score (nSPS) is 14.1. The quantitative estimate of drug-likeness (QED) is 0.271. The van der Waals surface area contributed by atoms with Crippen LogP contribution in [0.1, 0.15) is 52.5 Å². The number of carbonyl (C=O) groups excluding carboxylic acids is 2. The summed E-state index contributed by atoms with van der Waals surface area (Å²) in [5.41, 5.74) is -0.285. The van der Waals surface area contributed by atoms with Crippen molar-refractivity contribution in [2.75, 3.05) is 5.32 Å². The third kappa shape index (κ3) is 9.31. The molecule has 0 spiro atoms. The van der Waals surface area contributed by atoms with Crippen LogP contribution in [-0.4, -0.2) is 50.1 Å². The van der Waals surface area contributed by atoms with Crippen molar-refractivity contribution in [3.63, 3.8) is 0 Å². The van der Waals surface area contributed by atoms with Crippen molar-refractivity contribution in [2.45, 2.75) is 77.9 Å². The fraction of sp³-hybridized carbons (Fsp3) is 0.448. The smallest absolute Gasteiger partial charge is 0.416 e. The third-order valence-electron chi connectivity index (χ3n) is 6.45. The average molecular weight is 576 g/mol. The Bertz CT molecular complexity index is 1270. The zero-order chi connectivity index (χ0) is 30.2. The predicted molar refractivity (Wildman–Crippen MR) is 148 cm³/mol. The van der Waals surface area contributed by atoms with Gasteiger partial charge >= 0.3 is 12.3 Å². The van der Waals surface area contributed by atoms with Crippen molar-refractivity contribution in [3.05, 3.63) is 66.5 Å². The number of alkyl carbamates (subject to hydrolysis) is 1. The highest BCUT2D eigenvalue weighted by Crippen LogP contribution is 2.31. The molecule has 2 amide bonds. The number of pyridine rings is 1. The lowest BCUT2D eigenvalue weighted by molar-refractivity contribution is -0.137. The van der Waals surface area contributed by atoms with E-state index in [9.17, 15) is 27.9 Å². The van der Waals surface area contributed by atoms with Gasteiger partial charge in [-0.15, -0.1) is 0 Å². The molecule has 3 N–H and O–H groups in total. The first-order chi connectivity index (χ1) is 19.3. The van der Waals surface area contributed by atoms with E-state index in [0.717, 1.165) is 18.6 Å². The van der Waals surface area contributed by atoms with E-state index < -0.39 is 47.4 Å². The predicted octanol–water partition coefficient (Wildman–Crippen LogP) is 5.66. The summed E-state index contributed by atoms with van der Waals surface area (Å²) in [4.78, 5) is 29.6. The Kier molecular flexibility index (Phi) is 10.5. The third-order valence-corrected chi connectivity index (χ3v) is 6.45. The molecule has 2 aromatic heterocycles. The number of amides is 2. The number of nitrogens with zero attached hydrogens (tertiary/aromatic N) is 3. The van der Waals surface area contributed by atoms with Gasteiger partial charge in [-0.2, -0.15) is 18.3 Å². The van der Waals surface area contributed by atoms with Crippen LogP contribution >= 0.6 is 0 Å². The second kappa shape index (κ2) is 13.6. The van der Waals surface area contributed by atoms with Crippen molar-refractivity contribution in [2.24, 2.45) is 5.41 Å². The molecule has 0 aliphatic carbocycles. The highest BCUT2D eigenvalue weighted by molar-refractivity contribution is 5.94. The maximum atomic E-state index is 13.0. The van der Waals surface area contributed by atoms with Crippen LogP contribution in [0.5, 0.6) is 0 Å². The fourth-order valence-electron chi connectivity index (χ4n) is 3.97. The summed E-state index contributed by atoms with van der Waals surface area (Å²) < 4.78 is 46.0. The maximum Gasteiger partial charge on any atom is 0.416 e. The van der Waals surface area contributed by atoms with E-state index in [0.29, 0.717) is 24.1 Å². The summed E-state index contributed by atoms with van der Waals surface area (Å²) in [6, 6.07) is 10.4. The van der Waals surface area contributed by atoms with E-state index in [2.05, 4.69) is 20.7 Å². The molecule has 0 radical (unpaired) electrons. The fourth-order valence-corrected chi connectivity index (χ4v) is 3.97. The van der Waals surface area contributed by atoms with E-state index in [-0.39, 0.29) is 12.4 Å². The lowest BCUT2D eigenvalue weighted by atomic mass is 9.89. The number of aromatic nitrogens is 3. The van der Waals surface area contributed by atoms with Gasteiger partial charge in [0.05, 0.1) is 23.8 Å². The molecule has 0 bridgehead atoms. The Morgan fingerprint density at radius 1 is 1.07 bits per heavy atom. The lowest BCUT2D eigenvalue weighted by Crippen LogP contribution is -2.50. The Labute approximate surface area is 237 Å². The number of hydrogen-bond acceptors (Lipinski definition) is 6. The molecule has 9 nitrogen and oxygen atoms in total. The molecular formula is C29H36F3N5O4. The van der Waals surface area contributed by atoms with Crippen LogP contribution in [0.3, 0.4) is 0 Å². The minimum absolute atomic E-state index is 0.167. The van der Waals surface area contributed by atoms with Gasteiger partial charge in [0, 0.05) is 23.4 Å². The highest BCUT2D eigenvalue weighted by atomic mass is 19.4. The van der Waals surface area contributed by atoms with Crippen LogP contribution in [-0.2, 0) is 22.3 Å². The average Bonchev–Trinajstić information content (AvgIpc) is 3.38. The van der Waals surface area contributed by atoms with E-state index >= 15 is 0 Å². The van der Waals surface area contributed by atoms with Crippen molar-refractivity contribution < 1.29 is 32.6 Å². The first kappa shape index (κ1) is 31.6. The van der Waals surface area contributed by atoms with E-state index in [4.69, 9.17) is 4.74 Å². The Balaban J connectivity index is 1.67. The second-order valence-electron chi connectivity index (χ2n) is 10.8. The summed E-state index contributed by atoms with van der Waals surface area (Å²) in [6.45, 7) is 7.77. The molecule has 3 rings (SSSR count). The van der Waals surface area contributed by atoms with Gasteiger partial charge in [-0.25, -0.2) is 9.78 Å². The minimum Gasteiger partial charge on any atom is -0.444 e. The molecule has 12 heteroatoms. The standard InChI is InChI=1S/C29H36F3N5O4/c1-5-6-9-22(25(38)26(39)35-24-10-7-8-16-33-24)34-27(40)41-23(28(2,3)4)18-37-17-15-21(36-37)19-11-13-20(14-12-19)29(30,31)32/h7-8,10-17,22-23,25,38H,5-6,9,18H2,1-4H3,(H,34,40)(H,33,35,39)/t22-,23+,25-/m0/s1. The first-order valence-electron chi connectivity index (χ1n) is 13.4. The molecule has 0 aliphatic heterocycles. The number of anilines is 1. The number of ether oxygens (including phenoxy) is 1. The summed E-state index contributed by atoms with van der Waals surface area (Å²) in [5.74, 6) is -0.430. The number of unbranched alkanes of at least 4 members (excludes halogenated alkanes) is 1. The van der Waals surface area contributed by atoms with Crippen LogP contribution in [0.4, 0.5) is 23.8 Å². The van der Waals surface area contributed by atoms with Crippen molar-refractivity contribution in [1.29, 1.82) is 0 Å². The summed E-state index contributed by atoms with van der Waals surface area (Å²) in [6.07, 6.45) is -2.49. The molecule has 0 saturated heterocycles. The summed E-state index contributed by atoms with van der Waals surface area (Å²) in [7, 11) is 0. The zero-order valence-electron chi connectivity index (χ0n) is 23.5. The summed E-state index contributed by atoms with van der Waals surface area (Å²) in [5, 5.41) is 20.4. The SMILES string of the molecule is CCCC[C@H](NC(=O)O[C@H](Cn1ccc(-c2ccc(C(F)(F)F)cc2)n1)C(C)(C)C)[C@H](O)C(=O)Nc1ccccn1. The molecule has 3 atom stereocenters. The molecule has 0 aliphatic rings. The van der Waals surface area contributed by atoms with Crippen LogP contribution < -0.4 is 10.6 Å². The van der Waals surface area contributed by atoms with Gasteiger partial charge in [0.1, 0.15) is 11.9 Å². The maximum absolute atomic E-state index is 13.0. The monoisotopic (exact) mass is 575 g/mol. The molecular weight excluding hydrogens is 539 g/mol. The molecule has 3 aromatic rings. The van der Waals surface area contributed by atoms with E-state index in [1.54, 1.807) is 35.1 Å². The van der Waals surface area contributed by atoms with Crippen molar-refractivity contribution >= 4 is 17.8 Å². The topological polar surface area (TPSA) is 118 Å². The van der Waals surface area contributed by atoms with Crippen LogP contribution in [0, 0.1) is 5.41 Å². The van der Waals surface area contributed by atoms with Gasteiger partial charge in [0.15, 0.2) is 6.10 Å². The Morgan fingerprint density at radius 3 is 2.37 bits per heavy atom. The van der Waals surface area contributed by atoms with E-state index in [1.807, 2.05) is 27.7 Å². The number of benzene rings is 1. The van der Waals surface area contributed by atoms with Gasteiger partial charge in [-0.1, -0.05) is 58.7 Å².